The van der Waals surface area contributed by atoms with E-state index in [1.807, 2.05) is 0 Å². The summed E-state index contributed by atoms with van der Waals surface area (Å²) in [4.78, 5) is 0. The normalized spacial score (nSPS) is 15.5. The van der Waals surface area contributed by atoms with Crippen LogP contribution in [-0.4, -0.2) is 11.2 Å². The second-order valence-corrected chi connectivity index (χ2v) is 3.60. The standard InChI is InChI=1S/C8H18N2S/c1-4-6(2)5-7(3)10-8(9)11/h6-7H,4-5H2,1-3H3,(H3,9,10,11). The van der Waals surface area contributed by atoms with Crippen molar-refractivity contribution in [2.24, 2.45) is 11.7 Å². The Morgan fingerprint density at radius 1 is 1.55 bits per heavy atom. The fourth-order valence-electron chi connectivity index (χ4n) is 1.07. The van der Waals surface area contributed by atoms with Crippen LogP contribution in [0.15, 0.2) is 0 Å². The first-order valence-electron chi connectivity index (χ1n) is 4.12. The molecule has 11 heavy (non-hydrogen) atoms. The van der Waals surface area contributed by atoms with Crippen molar-refractivity contribution < 1.29 is 0 Å². The first kappa shape index (κ1) is 10.7. The Morgan fingerprint density at radius 3 is 2.45 bits per heavy atom. The molecule has 0 fully saturated rings. The summed E-state index contributed by atoms with van der Waals surface area (Å²) in [6.07, 6.45) is 2.34. The second kappa shape index (κ2) is 5.35. The predicted molar refractivity (Wildman–Crippen MR) is 53.5 cm³/mol. The summed E-state index contributed by atoms with van der Waals surface area (Å²) < 4.78 is 0. The lowest BCUT2D eigenvalue weighted by Gasteiger charge is -2.16. The Balaban J connectivity index is 3.51. The molecule has 66 valence electrons. The molecule has 0 aromatic rings. The number of hydrogen-bond donors (Lipinski definition) is 2. The number of rotatable bonds is 4. The van der Waals surface area contributed by atoms with E-state index < -0.39 is 0 Å². The fraction of sp³-hybridized carbons (Fsp3) is 0.875. The summed E-state index contributed by atoms with van der Waals surface area (Å²) in [5.41, 5.74) is 5.33. The summed E-state index contributed by atoms with van der Waals surface area (Å²) in [6, 6.07) is 0.405. The minimum Gasteiger partial charge on any atom is -0.376 e. The minimum atomic E-state index is 0.404. The van der Waals surface area contributed by atoms with Gasteiger partial charge >= 0.3 is 0 Å². The molecule has 0 aliphatic heterocycles. The van der Waals surface area contributed by atoms with Gasteiger partial charge in [0.25, 0.3) is 0 Å². The highest BCUT2D eigenvalue weighted by atomic mass is 32.1. The molecule has 0 aromatic carbocycles. The highest BCUT2D eigenvalue weighted by Gasteiger charge is 2.06. The molecule has 0 heterocycles. The van der Waals surface area contributed by atoms with Crippen LogP contribution < -0.4 is 11.1 Å². The number of hydrogen-bond acceptors (Lipinski definition) is 1. The summed E-state index contributed by atoms with van der Waals surface area (Å²) in [7, 11) is 0. The summed E-state index contributed by atoms with van der Waals surface area (Å²) in [5, 5.41) is 3.42. The Bertz CT molecular complexity index is 125. The van der Waals surface area contributed by atoms with Crippen LogP contribution in [0.4, 0.5) is 0 Å². The Kier molecular flexibility index (Phi) is 5.20. The van der Waals surface area contributed by atoms with Crippen molar-refractivity contribution in [3.8, 4) is 0 Å². The molecule has 0 saturated carbocycles. The van der Waals surface area contributed by atoms with E-state index in [-0.39, 0.29) is 0 Å². The molecule has 0 saturated heterocycles. The van der Waals surface area contributed by atoms with Crippen LogP contribution in [0, 0.1) is 5.92 Å². The predicted octanol–water partition coefficient (Wildman–Crippen LogP) is 1.64. The van der Waals surface area contributed by atoms with Crippen LogP contribution in [-0.2, 0) is 0 Å². The SMILES string of the molecule is CCC(C)CC(C)NC(N)=S. The van der Waals surface area contributed by atoms with Crippen LogP contribution in [0.25, 0.3) is 0 Å². The Morgan fingerprint density at radius 2 is 2.09 bits per heavy atom. The van der Waals surface area contributed by atoms with Crippen molar-refractivity contribution >= 4 is 17.3 Å². The molecule has 3 heteroatoms. The van der Waals surface area contributed by atoms with Gasteiger partial charge in [-0.2, -0.15) is 0 Å². The van der Waals surface area contributed by atoms with Gasteiger partial charge < -0.3 is 11.1 Å². The van der Waals surface area contributed by atoms with Crippen molar-refractivity contribution in [2.75, 3.05) is 0 Å². The van der Waals surface area contributed by atoms with Crippen LogP contribution in [0.1, 0.15) is 33.6 Å². The third-order valence-electron chi connectivity index (χ3n) is 1.84. The van der Waals surface area contributed by atoms with E-state index in [1.165, 1.54) is 6.42 Å². The van der Waals surface area contributed by atoms with E-state index in [1.54, 1.807) is 0 Å². The Labute approximate surface area is 74.5 Å². The van der Waals surface area contributed by atoms with Crippen LogP contribution >= 0.6 is 12.2 Å². The number of thiocarbonyl (C=S) groups is 1. The van der Waals surface area contributed by atoms with Gasteiger partial charge in [-0.3, -0.25) is 0 Å². The minimum absolute atomic E-state index is 0.404. The van der Waals surface area contributed by atoms with E-state index in [2.05, 4.69) is 26.1 Å². The van der Waals surface area contributed by atoms with Crippen LogP contribution in [0.3, 0.4) is 0 Å². The van der Waals surface area contributed by atoms with E-state index in [0.717, 1.165) is 12.3 Å². The highest BCUT2D eigenvalue weighted by Crippen LogP contribution is 2.08. The molecule has 0 bridgehead atoms. The quantitative estimate of drug-likeness (QED) is 0.636. The van der Waals surface area contributed by atoms with E-state index >= 15 is 0 Å². The molecular formula is C8H18N2S. The van der Waals surface area contributed by atoms with Crippen molar-refractivity contribution in [1.29, 1.82) is 0 Å². The smallest absolute Gasteiger partial charge is 0.163 e. The maximum atomic E-state index is 5.33. The van der Waals surface area contributed by atoms with E-state index in [0.29, 0.717) is 11.2 Å². The molecule has 0 aliphatic rings. The monoisotopic (exact) mass is 174 g/mol. The van der Waals surface area contributed by atoms with Crippen molar-refractivity contribution in [1.82, 2.24) is 5.32 Å². The molecule has 0 spiro atoms. The summed E-state index contributed by atoms with van der Waals surface area (Å²) in [6.45, 7) is 6.53. The maximum Gasteiger partial charge on any atom is 0.163 e. The Hall–Kier alpha value is -0.310. The largest absolute Gasteiger partial charge is 0.376 e. The second-order valence-electron chi connectivity index (χ2n) is 3.16. The first-order valence-corrected chi connectivity index (χ1v) is 4.53. The van der Waals surface area contributed by atoms with Crippen molar-refractivity contribution in [2.45, 2.75) is 39.7 Å². The molecule has 2 nitrogen and oxygen atoms in total. The molecule has 0 rings (SSSR count). The van der Waals surface area contributed by atoms with E-state index in [4.69, 9.17) is 18.0 Å². The van der Waals surface area contributed by atoms with E-state index in [9.17, 15) is 0 Å². The topological polar surface area (TPSA) is 38.0 Å². The van der Waals surface area contributed by atoms with Crippen molar-refractivity contribution in [3.63, 3.8) is 0 Å². The molecule has 2 atom stereocenters. The van der Waals surface area contributed by atoms with Crippen LogP contribution in [0.5, 0.6) is 0 Å². The van der Waals surface area contributed by atoms with Crippen molar-refractivity contribution in [3.05, 3.63) is 0 Å². The average molecular weight is 174 g/mol. The molecule has 3 N–H and O–H groups in total. The van der Waals surface area contributed by atoms with Gasteiger partial charge in [-0.1, -0.05) is 20.3 Å². The lowest BCUT2D eigenvalue weighted by molar-refractivity contribution is 0.449. The van der Waals surface area contributed by atoms with Gasteiger partial charge in [0.2, 0.25) is 0 Å². The highest BCUT2D eigenvalue weighted by molar-refractivity contribution is 7.80. The van der Waals surface area contributed by atoms with Gasteiger partial charge in [-0.25, -0.2) is 0 Å². The molecule has 0 aliphatic carbocycles. The third kappa shape index (κ3) is 6.10. The zero-order chi connectivity index (χ0) is 8.85. The maximum absolute atomic E-state index is 5.33. The molecular weight excluding hydrogens is 156 g/mol. The van der Waals surface area contributed by atoms with Crippen LogP contribution in [0.2, 0.25) is 0 Å². The molecule has 0 aromatic heterocycles. The summed E-state index contributed by atoms with van der Waals surface area (Å²) in [5.74, 6) is 0.742. The third-order valence-corrected chi connectivity index (χ3v) is 1.96. The molecule has 0 radical (unpaired) electrons. The van der Waals surface area contributed by atoms with Gasteiger partial charge in [-0.15, -0.1) is 0 Å². The summed E-state index contributed by atoms with van der Waals surface area (Å²) >= 11 is 4.73. The zero-order valence-electron chi connectivity index (χ0n) is 7.55. The fourth-order valence-corrected chi connectivity index (χ4v) is 1.27. The first-order chi connectivity index (χ1) is 5.06. The lowest BCUT2D eigenvalue weighted by Crippen LogP contribution is -2.37. The lowest BCUT2D eigenvalue weighted by atomic mass is 10.0. The van der Waals surface area contributed by atoms with Gasteiger partial charge in [0.05, 0.1) is 0 Å². The molecule has 2 unspecified atom stereocenters. The van der Waals surface area contributed by atoms with Gasteiger partial charge in [0, 0.05) is 6.04 Å². The van der Waals surface area contributed by atoms with Gasteiger partial charge in [0.1, 0.15) is 0 Å². The number of nitrogens with two attached hydrogens (primary N) is 1. The van der Waals surface area contributed by atoms with Gasteiger partial charge in [0.15, 0.2) is 5.11 Å². The van der Waals surface area contributed by atoms with Gasteiger partial charge in [-0.05, 0) is 31.5 Å². The molecule has 0 amide bonds. The number of nitrogens with one attached hydrogen (secondary N) is 1. The average Bonchev–Trinajstić information content (AvgIpc) is 1.85. The zero-order valence-corrected chi connectivity index (χ0v) is 8.37.